The molecule has 0 unspecified atom stereocenters. The van der Waals surface area contributed by atoms with Gasteiger partial charge >= 0.3 is 11.9 Å². The molecule has 0 fully saturated rings. The topological polar surface area (TPSA) is 93.6 Å². The van der Waals surface area contributed by atoms with Gasteiger partial charge in [-0.15, -0.1) is 0 Å². The molecule has 2 heterocycles. The van der Waals surface area contributed by atoms with Crippen molar-refractivity contribution in [3.8, 4) is 0 Å². The number of benzene rings is 1. The Kier molecular flexibility index (Phi) is 14.5. The number of hydrogen-bond donors (Lipinski definition) is 3. The van der Waals surface area contributed by atoms with Crippen molar-refractivity contribution in [2.75, 3.05) is 6.54 Å². The van der Waals surface area contributed by atoms with Crippen molar-refractivity contribution >= 4 is 34.6 Å². The molecule has 3 rings (SSSR count). The summed E-state index contributed by atoms with van der Waals surface area (Å²) >= 11 is 0. The number of nitrogens with one attached hydrogen (secondary N) is 1. The van der Waals surface area contributed by atoms with Gasteiger partial charge in [-0.2, -0.15) is 0 Å². The van der Waals surface area contributed by atoms with E-state index in [1.807, 2.05) is 0 Å². The van der Waals surface area contributed by atoms with Crippen molar-refractivity contribution in [1.29, 1.82) is 0 Å². The zero-order valence-electron chi connectivity index (χ0n) is 24.3. The van der Waals surface area contributed by atoms with Gasteiger partial charge in [-0.05, 0) is 44.2 Å². The second kappa shape index (κ2) is 18.4. The Labute approximate surface area is 240 Å². The van der Waals surface area contributed by atoms with Crippen molar-refractivity contribution in [2.24, 2.45) is 0 Å². The van der Waals surface area contributed by atoms with Crippen LogP contribution >= 0.6 is 0 Å². The smallest absolute Gasteiger partial charge is 0.303 e. The van der Waals surface area contributed by atoms with Gasteiger partial charge in [0.2, 0.25) is 0 Å². The van der Waals surface area contributed by atoms with Gasteiger partial charge in [0.05, 0.1) is 11.4 Å². The van der Waals surface area contributed by atoms with Crippen LogP contribution in [0.5, 0.6) is 0 Å². The SMILES string of the molecule is O=C(O)CCCCCCCCCC/C=C1/c2[nH]c3ccccc3c2C=CN1CCCCCCCCCCC(=O)O. The molecule has 0 atom stereocenters. The molecule has 0 saturated heterocycles. The first-order valence-corrected chi connectivity index (χ1v) is 15.8. The average Bonchev–Trinajstić information content (AvgIpc) is 3.32. The molecule has 220 valence electrons. The molecule has 3 N–H and O–H groups in total. The molecule has 0 radical (unpaired) electrons. The molecule has 1 aromatic carbocycles. The van der Waals surface area contributed by atoms with Gasteiger partial charge in [0.25, 0.3) is 0 Å². The van der Waals surface area contributed by atoms with Crippen LogP contribution < -0.4 is 0 Å². The van der Waals surface area contributed by atoms with Gasteiger partial charge in [-0.1, -0.05) is 101 Å². The molecule has 0 aliphatic carbocycles. The average molecular weight is 551 g/mol. The molecular weight excluding hydrogens is 500 g/mol. The number of fused-ring (bicyclic) bond motifs is 3. The highest BCUT2D eigenvalue weighted by Gasteiger charge is 2.20. The molecule has 0 saturated carbocycles. The van der Waals surface area contributed by atoms with Crippen LogP contribution in [-0.2, 0) is 9.59 Å². The number of nitrogens with zero attached hydrogens (tertiary/aromatic N) is 1. The van der Waals surface area contributed by atoms with Crippen LogP contribution in [0.25, 0.3) is 22.7 Å². The number of carboxylic acids is 2. The lowest BCUT2D eigenvalue weighted by Crippen LogP contribution is -2.20. The number of rotatable bonds is 22. The summed E-state index contributed by atoms with van der Waals surface area (Å²) in [5.41, 5.74) is 5.04. The van der Waals surface area contributed by atoms with Crippen LogP contribution in [0.2, 0.25) is 0 Å². The molecule has 6 nitrogen and oxygen atoms in total. The number of carboxylic acid groups (broad SMARTS) is 2. The maximum absolute atomic E-state index is 10.6. The van der Waals surface area contributed by atoms with E-state index >= 15 is 0 Å². The van der Waals surface area contributed by atoms with Crippen LogP contribution in [0.4, 0.5) is 0 Å². The van der Waals surface area contributed by atoms with Crippen LogP contribution in [0.15, 0.2) is 36.5 Å². The van der Waals surface area contributed by atoms with Gasteiger partial charge in [0, 0.05) is 42.1 Å². The van der Waals surface area contributed by atoms with Gasteiger partial charge in [-0.3, -0.25) is 9.59 Å². The first-order valence-electron chi connectivity index (χ1n) is 15.8. The van der Waals surface area contributed by atoms with Crippen molar-refractivity contribution in [2.45, 2.75) is 122 Å². The van der Waals surface area contributed by atoms with Crippen LogP contribution in [0.3, 0.4) is 0 Å². The second-order valence-corrected chi connectivity index (χ2v) is 11.3. The summed E-state index contributed by atoms with van der Waals surface area (Å²) in [5, 5.41) is 18.7. The van der Waals surface area contributed by atoms with Gasteiger partial charge in [-0.25, -0.2) is 0 Å². The van der Waals surface area contributed by atoms with E-state index < -0.39 is 11.9 Å². The lowest BCUT2D eigenvalue weighted by atomic mass is 10.0. The summed E-state index contributed by atoms with van der Waals surface area (Å²) in [7, 11) is 0. The Hall–Kier alpha value is -3.02. The summed E-state index contributed by atoms with van der Waals surface area (Å²) < 4.78 is 0. The standard InChI is InChI=1S/C34H50N2O4/c37-32(38)23-15-11-7-3-1-2-6-10-14-22-31-34-29(28-20-17-18-21-30(28)35-34)25-27-36(31)26-19-13-9-5-4-8-12-16-24-33(39)40/h17-18,20-22,25,27,35H,1-16,19,23-24,26H2,(H,37,38)(H,39,40)/b31-22-. The Morgan fingerprint density at radius 1 is 0.700 bits per heavy atom. The normalized spacial score (nSPS) is 13.8. The Morgan fingerprint density at radius 3 is 1.82 bits per heavy atom. The van der Waals surface area contributed by atoms with E-state index in [-0.39, 0.29) is 0 Å². The molecule has 1 aromatic heterocycles. The minimum atomic E-state index is -0.682. The molecule has 6 heteroatoms. The Bertz CT molecular complexity index is 1100. The maximum atomic E-state index is 10.6. The molecular formula is C34H50N2O4. The molecule has 1 aliphatic rings. The molecule has 1 aliphatic heterocycles. The van der Waals surface area contributed by atoms with Gasteiger partial charge < -0.3 is 20.1 Å². The number of allylic oxidation sites excluding steroid dienone is 1. The van der Waals surface area contributed by atoms with Crippen molar-refractivity contribution in [3.63, 3.8) is 0 Å². The molecule has 40 heavy (non-hydrogen) atoms. The predicted molar refractivity (Wildman–Crippen MR) is 165 cm³/mol. The first kappa shape index (κ1) is 31.5. The zero-order chi connectivity index (χ0) is 28.4. The quantitative estimate of drug-likeness (QED) is 0.127. The van der Waals surface area contributed by atoms with E-state index in [1.54, 1.807) is 0 Å². The number of para-hydroxylation sites is 1. The molecule has 0 bridgehead atoms. The van der Waals surface area contributed by atoms with Crippen molar-refractivity contribution in [1.82, 2.24) is 9.88 Å². The lowest BCUT2D eigenvalue weighted by molar-refractivity contribution is -0.138. The maximum Gasteiger partial charge on any atom is 0.303 e. The fraction of sp³-hybridized carbons (Fsp3) is 0.588. The van der Waals surface area contributed by atoms with Crippen LogP contribution in [0.1, 0.15) is 133 Å². The summed E-state index contributed by atoms with van der Waals surface area (Å²) in [4.78, 5) is 27.3. The zero-order valence-corrected chi connectivity index (χ0v) is 24.3. The number of hydrogen-bond acceptors (Lipinski definition) is 3. The van der Waals surface area contributed by atoms with E-state index in [0.29, 0.717) is 12.8 Å². The summed E-state index contributed by atoms with van der Waals surface area (Å²) in [6.07, 6.45) is 26.8. The third-order valence-electron chi connectivity index (χ3n) is 7.96. The largest absolute Gasteiger partial charge is 0.481 e. The number of aromatic nitrogens is 1. The second-order valence-electron chi connectivity index (χ2n) is 11.3. The van der Waals surface area contributed by atoms with Crippen molar-refractivity contribution < 1.29 is 19.8 Å². The third kappa shape index (κ3) is 11.2. The Morgan fingerprint density at radius 2 is 1.23 bits per heavy atom. The van der Waals surface area contributed by atoms with E-state index in [0.717, 1.165) is 51.5 Å². The lowest BCUT2D eigenvalue weighted by Gasteiger charge is -2.27. The van der Waals surface area contributed by atoms with E-state index in [2.05, 4.69) is 52.5 Å². The molecule has 0 spiro atoms. The summed E-state index contributed by atoms with van der Waals surface area (Å²) in [5.74, 6) is -1.36. The van der Waals surface area contributed by atoms with Gasteiger partial charge in [0.15, 0.2) is 0 Å². The summed E-state index contributed by atoms with van der Waals surface area (Å²) in [6.45, 7) is 1.03. The fourth-order valence-electron chi connectivity index (χ4n) is 5.68. The van der Waals surface area contributed by atoms with E-state index in [4.69, 9.17) is 10.2 Å². The number of carbonyl (C=O) groups is 2. The highest BCUT2D eigenvalue weighted by atomic mass is 16.4. The molecule has 2 aromatic rings. The Balaban J connectivity index is 1.41. The van der Waals surface area contributed by atoms with Crippen LogP contribution in [-0.4, -0.2) is 38.6 Å². The third-order valence-corrected chi connectivity index (χ3v) is 7.96. The van der Waals surface area contributed by atoms with Crippen molar-refractivity contribution in [3.05, 3.63) is 47.8 Å². The monoisotopic (exact) mass is 550 g/mol. The minimum Gasteiger partial charge on any atom is -0.481 e. The number of aliphatic carboxylic acids is 2. The number of H-pyrrole nitrogens is 1. The number of aromatic amines is 1. The van der Waals surface area contributed by atoms with E-state index in [1.165, 1.54) is 92.1 Å². The predicted octanol–water partition coefficient (Wildman–Crippen LogP) is 9.38. The fourth-order valence-corrected chi connectivity index (χ4v) is 5.68. The van der Waals surface area contributed by atoms with Crippen LogP contribution in [0, 0.1) is 0 Å². The molecule has 0 amide bonds. The summed E-state index contributed by atoms with van der Waals surface area (Å²) in [6, 6.07) is 8.56. The highest BCUT2D eigenvalue weighted by molar-refractivity contribution is 5.96. The van der Waals surface area contributed by atoms with Gasteiger partial charge in [0.1, 0.15) is 0 Å². The minimum absolute atomic E-state index is 0.300. The van der Waals surface area contributed by atoms with E-state index in [9.17, 15) is 9.59 Å². The first-order chi connectivity index (χ1) is 19.6. The highest BCUT2D eigenvalue weighted by Crippen LogP contribution is 2.35. The number of unbranched alkanes of at least 4 members (excludes halogenated alkanes) is 15.